The van der Waals surface area contributed by atoms with E-state index in [1.807, 2.05) is 41.0 Å². The van der Waals surface area contributed by atoms with Crippen molar-refractivity contribution in [3.05, 3.63) is 106 Å². The van der Waals surface area contributed by atoms with E-state index in [2.05, 4.69) is 25.5 Å². The molecule has 0 saturated heterocycles. The molecule has 11 heteroatoms. The summed E-state index contributed by atoms with van der Waals surface area (Å²) in [6.45, 7) is 0.291. The molecule has 0 aliphatic rings. The maximum atomic E-state index is 13.1. The van der Waals surface area contributed by atoms with E-state index in [0.717, 1.165) is 21.8 Å². The van der Waals surface area contributed by atoms with E-state index in [4.69, 9.17) is 11.6 Å². The van der Waals surface area contributed by atoms with Gasteiger partial charge in [-0.15, -0.1) is 21.5 Å². The smallest absolute Gasteiger partial charge is 0.271 e. The molecule has 5 rings (SSSR count). The number of amides is 1. The summed E-state index contributed by atoms with van der Waals surface area (Å²) in [6, 6.07) is 17.2. The van der Waals surface area contributed by atoms with E-state index in [-0.39, 0.29) is 11.7 Å². The van der Waals surface area contributed by atoms with Crippen LogP contribution < -0.4 is 5.32 Å². The average molecular weight is 537 g/mol. The van der Waals surface area contributed by atoms with Crippen LogP contribution in [0.25, 0.3) is 17.1 Å². The lowest BCUT2D eigenvalue weighted by Gasteiger charge is -2.11. The molecule has 180 valence electrons. The maximum absolute atomic E-state index is 13.1. The largest absolute Gasteiger partial charge is 0.347 e. The molecule has 36 heavy (non-hydrogen) atoms. The normalized spacial score (nSPS) is 10.9. The van der Waals surface area contributed by atoms with Gasteiger partial charge in [0.2, 0.25) is 0 Å². The number of rotatable bonds is 8. The molecule has 0 aliphatic heterocycles. The first-order chi connectivity index (χ1) is 17.6. The lowest BCUT2D eigenvalue weighted by molar-refractivity contribution is 0.0946. The molecular weight excluding hydrogens is 519 g/mol. The first kappa shape index (κ1) is 24.1. The van der Waals surface area contributed by atoms with Gasteiger partial charge in [0.1, 0.15) is 16.5 Å². The van der Waals surface area contributed by atoms with Gasteiger partial charge in [0.05, 0.1) is 16.5 Å². The third kappa shape index (κ3) is 5.46. The fourth-order valence-corrected chi connectivity index (χ4v) is 5.34. The van der Waals surface area contributed by atoms with Crippen LogP contribution in [-0.4, -0.2) is 30.6 Å². The Bertz CT molecular complexity index is 1490. The topological polar surface area (TPSA) is 85.6 Å². The van der Waals surface area contributed by atoms with Crippen molar-refractivity contribution in [2.75, 3.05) is 0 Å². The van der Waals surface area contributed by atoms with E-state index in [1.54, 1.807) is 29.9 Å². The van der Waals surface area contributed by atoms with Crippen molar-refractivity contribution >= 4 is 40.6 Å². The molecule has 1 amide bonds. The van der Waals surface area contributed by atoms with Gasteiger partial charge < -0.3 is 5.32 Å². The lowest BCUT2D eigenvalue weighted by atomic mass is 10.2. The minimum absolute atomic E-state index is 0.286. The molecule has 0 radical (unpaired) electrons. The molecule has 0 bridgehead atoms. The minimum atomic E-state index is -0.315. The van der Waals surface area contributed by atoms with E-state index in [0.29, 0.717) is 34.0 Å². The molecule has 0 unspecified atom stereocenters. The van der Waals surface area contributed by atoms with E-state index >= 15 is 0 Å². The maximum Gasteiger partial charge on any atom is 0.271 e. The highest BCUT2D eigenvalue weighted by molar-refractivity contribution is 7.98. The monoisotopic (exact) mass is 536 g/mol. The standard InChI is InChI=1S/C25H18ClFN6OS2/c26-19-3-1-2-4-21(19)33-23(17-9-11-28-12-10-17)31-32-25(33)36-15-22-30-20(14-35-22)24(34)29-13-16-5-7-18(27)8-6-16/h1-12,14H,13,15H2,(H,29,34). The van der Waals surface area contributed by atoms with Gasteiger partial charge in [-0.25, -0.2) is 9.37 Å². The summed E-state index contributed by atoms with van der Waals surface area (Å²) in [5, 5.41) is 15.3. The second kappa shape index (κ2) is 11.0. The zero-order valence-corrected chi connectivity index (χ0v) is 21.0. The number of nitrogens with zero attached hydrogens (tertiary/aromatic N) is 5. The summed E-state index contributed by atoms with van der Waals surface area (Å²) in [5.74, 6) is 0.540. The fourth-order valence-electron chi connectivity index (χ4n) is 3.38. The van der Waals surface area contributed by atoms with Gasteiger partial charge >= 0.3 is 0 Å². The molecule has 3 heterocycles. The van der Waals surface area contributed by atoms with Crippen molar-refractivity contribution in [1.82, 2.24) is 30.0 Å². The van der Waals surface area contributed by atoms with Gasteiger partial charge in [0.25, 0.3) is 5.91 Å². The molecule has 0 atom stereocenters. The summed E-state index contributed by atoms with van der Waals surface area (Å²) < 4.78 is 15.0. The number of para-hydroxylation sites is 1. The number of thiazole rings is 1. The fraction of sp³-hybridized carbons (Fsp3) is 0.0800. The molecule has 2 aromatic carbocycles. The second-order valence-electron chi connectivity index (χ2n) is 7.55. The SMILES string of the molecule is O=C(NCc1ccc(F)cc1)c1csc(CSc2nnc(-c3ccncc3)n2-c2ccccc2Cl)n1. The summed E-state index contributed by atoms with van der Waals surface area (Å²) in [6.07, 6.45) is 3.40. The Morgan fingerprint density at radius 3 is 2.61 bits per heavy atom. The quantitative estimate of drug-likeness (QED) is 0.252. The van der Waals surface area contributed by atoms with Crippen LogP contribution in [0.2, 0.25) is 5.02 Å². The van der Waals surface area contributed by atoms with Crippen LogP contribution >= 0.6 is 34.7 Å². The average Bonchev–Trinajstić information content (AvgIpc) is 3.55. The molecule has 0 fully saturated rings. The first-order valence-electron chi connectivity index (χ1n) is 10.8. The molecule has 7 nitrogen and oxygen atoms in total. The zero-order chi connectivity index (χ0) is 24.9. The molecule has 0 spiro atoms. The Labute approximate surface area is 219 Å². The third-order valence-electron chi connectivity index (χ3n) is 5.14. The van der Waals surface area contributed by atoms with Crippen LogP contribution in [0.1, 0.15) is 21.1 Å². The van der Waals surface area contributed by atoms with Gasteiger partial charge in [0, 0.05) is 29.9 Å². The summed E-state index contributed by atoms with van der Waals surface area (Å²) in [7, 11) is 0. The molecule has 3 aromatic heterocycles. The second-order valence-corrected chi connectivity index (χ2v) is 9.85. The van der Waals surface area contributed by atoms with Crippen LogP contribution in [0.15, 0.2) is 83.6 Å². The Hall–Kier alpha value is -3.60. The van der Waals surface area contributed by atoms with Crippen LogP contribution in [0.5, 0.6) is 0 Å². The van der Waals surface area contributed by atoms with Crippen molar-refractivity contribution in [3.8, 4) is 17.1 Å². The summed E-state index contributed by atoms with van der Waals surface area (Å²) in [4.78, 5) is 21.1. The number of pyridine rings is 1. The van der Waals surface area contributed by atoms with Crippen molar-refractivity contribution < 1.29 is 9.18 Å². The van der Waals surface area contributed by atoms with E-state index in [1.165, 1.54) is 35.2 Å². The minimum Gasteiger partial charge on any atom is -0.347 e. The first-order valence-corrected chi connectivity index (χ1v) is 13.0. The Morgan fingerprint density at radius 1 is 1.06 bits per heavy atom. The molecular formula is C25H18ClFN6OS2. The van der Waals surface area contributed by atoms with Crippen LogP contribution in [0.3, 0.4) is 0 Å². The number of benzene rings is 2. The van der Waals surface area contributed by atoms with Crippen molar-refractivity contribution in [1.29, 1.82) is 0 Å². The number of carbonyl (C=O) groups is 1. The Morgan fingerprint density at radius 2 is 1.83 bits per heavy atom. The van der Waals surface area contributed by atoms with Crippen LogP contribution in [0.4, 0.5) is 4.39 Å². The predicted octanol–water partition coefficient (Wildman–Crippen LogP) is 5.80. The van der Waals surface area contributed by atoms with Crippen molar-refractivity contribution in [2.24, 2.45) is 0 Å². The highest BCUT2D eigenvalue weighted by atomic mass is 35.5. The zero-order valence-electron chi connectivity index (χ0n) is 18.6. The summed E-state index contributed by atoms with van der Waals surface area (Å²) >= 11 is 9.36. The third-order valence-corrected chi connectivity index (χ3v) is 7.43. The molecule has 5 aromatic rings. The van der Waals surface area contributed by atoms with Gasteiger partial charge in [-0.05, 0) is 42.0 Å². The van der Waals surface area contributed by atoms with Crippen molar-refractivity contribution in [3.63, 3.8) is 0 Å². The summed E-state index contributed by atoms with van der Waals surface area (Å²) in [5.41, 5.74) is 2.76. The number of thioether (sulfide) groups is 1. The highest BCUT2D eigenvalue weighted by Gasteiger charge is 2.19. The van der Waals surface area contributed by atoms with Crippen molar-refractivity contribution in [2.45, 2.75) is 17.5 Å². The lowest BCUT2D eigenvalue weighted by Crippen LogP contribution is -2.23. The molecule has 0 saturated carbocycles. The number of halogens is 2. The highest BCUT2D eigenvalue weighted by Crippen LogP contribution is 2.32. The van der Waals surface area contributed by atoms with Crippen LogP contribution in [0, 0.1) is 5.82 Å². The van der Waals surface area contributed by atoms with Gasteiger partial charge in [-0.2, -0.15) is 0 Å². The molecule has 1 N–H and O–H groups in total. The van der Waals surface area contributed by atoms with E-state index < -0.39 is 0 Å². The predicted molar refractivity (Wildman–Crippen MR) is 139 cm³/mol. The Balaban J connectivity index is 1.31. The number of hydrogen-bond donors (Lipinski definition) is 1. The van der Waals surface area contributed by atoms with Gasteiger partial charge in [-0.1, -0.05) is 47.6 Å². The molecule has 0 aliphatic carbocycles. The number of aromatic nitrogens is 5. The number of hydrogen-bond acceptors (Lipinski definition) is 7. The van der Waals surface area contributed by atoms with Crippen LogP contribution in [-0.2, 0) is 12.3 Å². The van der Waals surface area contributed by atoms with E-state index in [9.17, 15) is 9.18 Å². The van der Waals surface area contributed by atoms with Gasteiger partial charge in [-0.3, -0.25) is 14.3 Å². The Kier molecular flexibility index (Phi) is 7.36. The number of nitrogens with one attached hydrogen (secondary N) is 1. The van der Waals surface area contributed by atoms with Gasteiger partial charge in [0.15, 0.2) is 11.0 Å². The number of carbonyl (C=O) groups excluding carboxylic acids is 1.